The van der Waals surface area contributed by atoms with Gasteiger partial charge in [-0.3, -0.25) is 4.79 Å². The van der Waals surface area contributed by atoms with E-state index in [4.69, 9.17) is 0 Å². The molecule has 1 aliphatic carbocycles. The Morgan fingerprint density at radius 3 is 2.64 bits per heavy atom. The number of amides is 1. The summed E-state index contributed by atoms with van der Waals surface area (Å²) in [5.41, 5.74) is 1.24. The van der Waals surface area contributed by atoms with E-state index in [1.54, 1.807) is 6.92 Å². The first-order chi connectivity index (χ1) is 18.7. The molecule has 2 rings (SSSR count). The van der Waals surface area contributed by atoms with Crippen LogP contribution in [0.15, 0.2) is 54.6 Å². The van der Waals surface area contributed by atoms with Crippen molar-refractivity contribution < 1.29 is 24.9 Å². The van der Waals surface area contributed by atoms with Crippen LogP contribution in [0, 0.1) is 40.7 Å². The molecule has 0 aromatic heterocycles. The molecule has 0 spiro atoms. The summed E-state index contributed by atoms with van der Waals surface area (Å²) in [6, 6.07) is 10.2. The topological polar surface area (TPSA) is 122 Å². The Hall–Kier alpha value is -2.71. The number of rotatable bonds is 18. The monoisotopic (exact) mass is 543 g/mol. The average molecular weight is 544 g/mol. The van der Waals surface area contributed by atoms with Gasteiger partial charge < -0.3 is 20.4 Å². The predicted octanol–water partition coefficient (Wildman–Crippen LogP) is 5.23. The highest BCUT2D eigenvalue weighted by atomic mass is 17.0. The van der Waals surface area contributed by atoms with Gasteiger partial charge >= 0.3 is 0 Å². The molecule has 8 nitrogen and oxygen atoms in total. The third-order valence-corrected chi connectivity index (χ3v) is 7.64. The third kappa shape index (κ3) is 12.3. The molecule has 1 aliphatic rings. The lowest BCUT2D eigenvalue weighted by atomic mass is 9.82. The van der Waals surface area contributed by atoms with E-state index in [9.17, 15) is 25.1 Å². The molecule has 7 atom stereocenters. The minimum Gasteiger partial charge on any atom is -0.393 e. The van der Waals surface area contributed by atoms with Gasteiger partial charge in [0.1, 0.15) is 6.10 Å². The van der Waals surface area contributed by atoms with Crippen LogP contribution in [0.2, 0.25) is 0 Å². The Bertz CT molecular complexity index is 906. The molecule has 0 aliphatic heterocycles. The first-order valence-corrected chi connectivity index (χ1v) is 14.4. The maximum absolute atomic E-state index is 11.6. The molecule has 1 fully saturated rings. The molecule has 1 aromatic carbocycles. The van der Waals surface area contributed by atoms with Crippen LogP contribution in [-0.4, -0.2) is 46.1 Å². The Kier molecular flexibility index (Phi) is 14.8. The van der Waals surface area contributed by atoms with E-state index in [0.29, 0.717) is 38.6 Å². The lowest BCUT2D eigenvalue weighted by Crippen LogP contribution is -2.22. The average Bonchev–Trinajstić information content (AvgIpc) is 3.16. The van der Waals surface area contributed by atoms with E-state index in [-0.39, 0.29) is 29.6 Å². The molecule has 1 saturated carbocycles. The van der Waals surface area contributed by atoms with Gasteiger partial charge in [-0.2, -0.15) is 0 Å². The number of allylic oxidation sites excluding steroid dienone is 3. The summed E-state index contributed by atoms with van der Waals surface area (Å²) in [7, 11) is 0. The van der Waals surface area contributed by atoms with Gasteiger partial charge in [-0.1, -0.05) is 54.6 Å². The van der Waals surface area contributed by atoms with Gasteiger partial charge in [0.25, 0.3) is 5.09 Å². The van der Waals surface area contributed by atoms with E-state index in [0.717, 1.165) is 25.7 Å². The minimum absolute atomic E-state index is 0.0227. The van der Waals surface area contributed by atoms with E-state index in [1.165, 1.54) is 5.56 Å². The first-order valence-electron chi connectivity index (χ1n) is 14.4. The molecule has 1 amide bonds. The van der Waals surface area contributed by atoms with Gasteiger partial charge in [-0.05, 0) is 89.0 Å². The number of hydrogen-bond donors (Lipinski definition) is 3. The first kappa shape index (κ1) is 32.5. The molecule has 0 bridgehead atoms. The normalized spacial score (nSPS) is 23.6. The predicted molar refractivity (Wildman–Crippen MR) is 153 cm³/mol. The zero-order chi connectivity index (χ0) is 28.6. The maximum atomic E-state index is 11.6. The van der Waals surface area contributed by atoms with Gasteiger partial charge in [0.2, 0.25) is 5.91 Å². The second kappa shape index (κ2) is 17.8. The summed E-state index contributed by atoms with van der Waals surface area (Å²) in [6.07, 6.45) is 12.7. The van der Waals surface area contributed by atoms with Crippen molar-refractivity contribution in [1.29, 1.82) is 0 Å². The van der Waals surface area contributed by atoms with Gasteiger partial charge in [0.05, 0.1) is 12.2 Å². The highest BCUT2D eigenvalue weighted by molar-refractivity contribution is 5.75. The van der Waals surface area contributed by atoms with Gasteiger partial charge in [-0.25, -0.2) is 0 Å². The fraction of sp³-hybridized carbons (Fsp3) is 0.613. The van der Waals surface area contributed by atoms with Crippen molar-refractivity contribution in [2.75, 3.05) is 6.54 Å². The largest absolute Gasteiger partial charge is 0.393 e. The van der Waals surface area contributed by atoms with Crippen LogP contribution in [0.4, 0.5) is 0 Å². The zero-order valence-electron chi connectivity index (χ0n) is 23.5. The molecule has 8 heteroatoms. The summed E-state index contributed by atoms with van der Waals surface area (Å²) in [6.45, 7) is 8.61. The summed E-state index contributed by atoms with van der Waals surface area (Å²) in [4.78, 5) is 26.9. The number of carbonyl (C=O) groups excluding carboxylic acids is 1. The van der Waals surface area contributed by atoms with Crippen LogP contribution in [0.1, 0.15) is 70.8 Å². The van der Waals surface area contributed by atoms with Gasteiger partial charge in [-0.15, -0.1) is 10.1 Å². The minimum atomic E-state index is -0.750. The van der Waals surface area contributed by atoms with Crippen molar-refractivity contribution in [3.63, 3.8) is 0 Å². The number of nitrogens with one attached hydrogen (secondary N) is 1. The Balaban J connectivity index is 2.01. The zero-order valence-corrected chi connectivity index (χ0v) is 23.5. The molecule has 217 valence electrons. The van der Waals surface area contributed by atoms with Crippen molar-refractivity contribution in [3.8, 4) is 0 Å². The molecule has 3 N–H and O–H groups in total. The standard InChI is InChI=1S/C31H47N2O6/c1-4-32-31(36)15-11-6-5-10-14-27-28(30(35)22-29(27)34)21-20-26(19-18-25-12-8-7-9-13-25)23(2)16-17-24(3)39-33(37)38/h5,7-10,12-13,20-21,23-24,26-30,34-35H,2,4,6,11,14-19,22H2,1,3H3,(H,32,36)/b10-5-,21-20+/t23?,24-,26+,27+,28+,29-,30+/m0/s1. The summed E-state index contributed by atoms with van der Waals surface area (Å²) in [5.74, 6) is -0.0424. The second-order valence-electron chi connectivity index (χ2n) is 10.7. The smallest absolute Gasteiger partial charge is 0.294 e. The SMILES string of the molecule is [CH2]C(CC[C@H](C)O[N+](=O)[O-])[C@@H](/C=C/[C@@H]1[C@@H](C/C=C\CCCC(=O)NCC)[C@@H](O)C[C@H]1O)CCc1ccccc1. The quantitative estimate of drug-likeness (QED) is 0.101. The van der Waals surface area contributed by atoms with Crippen molar-refractivity contribution in [3.05, 3.63) is 77.2 Å². The fourth-order valence-corrected chi connectivity index (χ4v) is 5.34. The molecule has 1 aromatic rings. The van der Waals surface area contributed by atoms with Crippen LogP contribution in [-0.2, 0) is 16.1 Å². The lowest BCUT2D eigenvalue weighted by molar-refractivity contribution is -0.767. The van der Waals surface area contributed by atoms with E-state index < -0.39 is 23.4 Å². The number of hydrogen-bond acceptors (Lipinski definition) is 6. The molecule has 1 unspecified atom stereocenters. The molecular formula is C31H47N2O6. The maximum Gasteiger partial charge on any atom is 0.294 e. The summed E-state index contributed by atoms with van der Waals surface area (Å²) >= 11 is 0. The van der Waals surface area contributed by atoms with Crippen LogP contribution in [0.25, 0.3) is 0 Å². The number of aliphatic hydroxyl groups excluding tert-OH is 2. The lowest BCUT2D eigenvalue weighted by Gasteiger charge is -2.24. The highest BCUT2D eigenvalue weighted by Crippen LogP contribution is 2.37. The van der Waals surface area contributed by atoms with Crippen molar-refractivity contribution in [2.45, 2.75) is 89.9 Å². The Morgan fingerprint density at radius 2 is 1.95 bits per heavy atom. The molecule has 1 radical (unpaired) electrons. The summed E-state index contributed by atoms with van der Waals surface area (Å²) in [5, 5.41) is 34.1. The second-order valence-corrected chi connectivity index (χ2v) is 10.7. The third-order valence-electron chi connectivity index (χ3n) is 7.64. The Labute approximate surface area is 233 Å². The van der Waals surface area contributed by atoms with Gasteiger partial charge in [0.15, 0.2) is 0 Å². The summed E-state index contributed by atoms with van der Waals surface area (Å²) < 4.78 is 0. The van der Waals surface area contributed by atoms with Crippen LogP contribution < -0.4 is 5.32 Å². The van der Waals surface area contributed by atoms with Gasteiger partial charge in [0, 0.05) is 25.3 Å². The number of benzene rings is 1. The number of nitrogens with zero attached hydrogens (tertiary/aromatic N) is 1. The van der Waals surface area contributed by atoms with Crippen LogP contribution in [0.5, 0.6) is 0 Å². The molecule has 0 heterocycles. The van der Waals surface area contributed by atoms with Crippen molar-refractivity contribution in [2.24, 2.45) is 23.7 Å². The van der Waals surface area contributed by atoms with E-state index in [2.05, 4.69) is 53.5 Å². The van der Waals surface area contributed by atoms with Crippen LogP contribution >= 0.6 is 0 Å². The van der Waals surface area contributed by atoms with Crippen molar-refractivity contribution in [1.82, 2.24) is 5.32 Å². The van der Waals surface area contributed by atoms with E-state index >= 15 is 0 Å². The van der Waals surface area contributed by atoms with E-state index in [1.807, 2.05) is 25.1 Å². The number of aliphatic hydroxyl groups is 2. The number of unbranched alkanes of at least 4 members (excludes halogenated alkanes) is 1. The molecular weight excluding hydrogens is 496 g/mol. The van der Waals surface area contributed by atoms with Crippen molar-refractivity contribution >= 4 is 5.91 Å². The van der Waals surface area contributed by atoms with Crippen LogP contribution in [0.3, 0.4) is 0 Å². The number of carbonyl (C=O) groups is 1. The molecule has 0 saturated heterocycles. The highest BCUT2D eigenvalue weighted by Gasteiger charge is 2.39. The number of aryl methyl sites for hydroxylation is 1. The fourth-order valence-electron chi connectivity index (χ4n) is 5.34. The Morgan fingerprint density at radius 1 is 1.21 bits per heavy atom. The molecule has 39 heavy (non-hydrogen) atoms.